The van der Waals surface area contributed by atoms with Gasteiger partial charge in [-0.25, -0.2) is 9.67 Å². The van der Waals surface area contributed by atoms with Gasteiger partial charge in [-0.1, -0.05) is 12.1 Å². The van der Waals surface area contributed by atoms with Gasteiger partial charge in [-0.3, -0.25) is 4.79 Å². The summed E-state index contributed by atoms with van der Waals surface area (Å²) < 4.78 is 1.47. The van der Waals surface area contributed by atoms with Gasteiger partial charge in [0.05, 0.1) is 23.4 Å². The number of likely N-dealkylation sites (N-methyl/N-ethyl adjacent to an activating group) is 1. The quantitative estimate of drug-likeness (QED) is 0.705. The third kappa shape index (κ3) is 3.88. The van der Waals surface area contributed by atoms with E-state index >= 15 is 0 Å². The second-order valence-electron chi connectivity index (χ2n) is 7.88. The minimum absolute atomic E-state index is 0.00781. The topological polar surface area (TPSA) is 98.3 Å². The Morgan fingerprint density at radius 3 is 2.74 bits per heavy atom. The Bertz CT molecular complexity index is 1160. The predicted molar refractivity (Wildman–Crippen MR) is 116 cm³/mol. The van der Waals surface area contributed by atoms with Crippen LogP contribution in [0.2, 0.25) is 0 Å². The molecule has 0 bridgehead atoms. The number of nitrogens with zero attached hydrogens (tertiary/aromatic N) is 6. The van der Waals surface area contributed by atoms with Crippen molar-refractivity contribution in [2.24, 2.45) is 0 Å². The van der Waals surface area contributed by atoms with Crippen molar-refractivity contribution in [2.45, 2.75) is 19.9 Å². The van der Waals surface area contributed by atoms with Crippen LogP contribution in [0.4, 0.5) is 0 Å². The van der Waals surface area contributed by atoms with Crippen LogP contribution in [0, 0.1) is 18.3 Å². The maximum absolute atomic E-state index is 12.8. The van der Waals surface area contributed by atoms with Crippen molar-refractivity contribution in [1.82, 2.24) is 24.6 Å². The van der Waals surface area contributed by atoms with Crippen LogP contribution in [0.5, 0.6) is 5.75 Å². The highest BCUT2D eigenvalue weighted by Crippen LogP contribution is 2.32. The van der Waals surface area contributed by atoms with Gasteiger partial charge < -0.3 is 14.9 Å². The molecule has 8 heteroatoms. The fraction of sp³-hybridized carbons (Fsp3) is 0.304. The first-order chi connectivity index (χ1) is 14.9. The van der Waals surface area contributed by atoms with E-state index in [2.05, 4.69) is 35.0 Å². The Balaban J connectivity index is 1.57. The van der Waals surface area contributed by atoms with E-state index in [1.807, 2.05) is 17.9 Å². The van der Waals surface area contributed by atoms with Gasteiger partial charge in [-0.05, 0) is 44.7 Å². The van der Waals surface area contributed by atoms with E-state index < -0.39 is 0 Å². The normalized spacial score (nSPS) is 16.8. The summed E-state index contributed by atoms with van der Waals surface area (Å²) in [5, 5.41) is 24.2. The molecule has 0 saturated carbocycles. The molecule has 1 amide bonds. The molecule has 0 aliphatic carbocycles. The van der Waals surface area contributed by atoms with Crippen molar-refractivity contribution in [3.05, 3.63) is 59.4 Å². The van der Waals surface area contributed by atoms with Crippen LogP contribution in [0.3, 0.4) is 0 Å². The van der Waals surface area contributed by atoms with E-state index in [4.69, 9.17) is 0 Å². The fourth-order valence-electron chi connectivity index (χ4n) is 3.75. The number of rotatable bonds is 3. The zero-order valence-corrected chi connectivity index (χ0v) is 17.8. The number of hydrogen-bond donors (Lipinski definition) is 1. The summed E-state index contributed by atoms with van der Waals surface area (Å²) in [6.45, 7) is 6.16. The van der Waals surface area contributed by atoms with Crippen LogP contribution >= 0.6 is 0 Å². The molecule has 1 aliphatic rings. The van der Waals surface area contributed by atoms with Crippen LogP contribution in [0.25, 0.3) is 17.1 Å². The highest BCUT2D eigenvalue weighted by molar-refractivity contribution is 5.94. The SMILES string of the molecule is Cc1c(C#N)cccc1-c1nn(-c2ccc(C(=O)N3CCN(C)[C@H](C)C3)cn2)cc1O. The number of aromatic hydroxyl groups is 1. The average molecular weight is 416 g/mol. The molecule has 1 saturated heterocycles. The lowest BCUT2D eigenvalue weighted by Gasteiger charge is -2.37. The molecule has 8 nitrogen and oxygen atoms in total. The molecule has 3 aromatic rings. The summed E-state index contributed by atoms with van der Waals surface area (Å²) in [6, 6.07) is 11.2. The van der Waals surface area contributed by atoms with E-state index in [0.29, 0.717) is 47.3 Å². The average Bonchev–Trinajstić information content (AvgIpc) is 3.17. The van der Waals surface area contributed by atoms with Crippen LogP contribution in [0.1, 0.15) is 28.4 Å². The maximum atomic E-state index is 12.8. The summed E-state index contributed by atoms with van der Waals surface area (Å²) in [6.07, 6.45) is 3.01. The Labute approximate surface area is 181 Å². The molecule has 2 aromatic heterocycles. The number of pyridine rings is 1. The molecule has 0 radical (unpaired) electrons. The second-order valence-corrected chi connectivity index (χ2v) is 7.88. The van der Waals surface area contributed by atoms with Crippen molar-refractivity contribution < 1.29 is 9.90 Å². The first kappa shape index (κ1) is 20.6. The summed E-state index contributed by atoms with van der Waals surface area (Å²) in [7, 11) is 2.06. The zero-order valence-electron chi connectivity index (χ0n) is 17.8. The first-order valence-corrected chi connectivity index (χ1v) is 10.1. The van der Waals surface area contributed by atoms with E-state index in [1.165, 1.54) is 10.9 Å². The predicted octanol–water partition coefficient (Wildman–Crippen LogP) is 2.60. The Morgan fingerprint density at radius 2 is 2.06 bits per heavy atom. The monoisotopic (exact) mass is 416 g/mol. The van der Waals surface area contributed by atoms with Crippen LogP contribution in [-0.4, -0.2) is 68.3 Å². The Morgan fingerprint density at radius 1 is 1.26 bits per heavy atom. The molecule has 1 aromatic carbocycles. The number of carbonyl (C=O) groups is 1. The summed E-state index contributed by atoms with van der Waals surface area (Å²) >= 11 is 0. The number of hydrogen-bond acceptors (Lipinski definition) is 6. The molecule has 1 atom stereocenters. The number of carbonyl (C=O) groups excluding carboxylic acids is 1. The first-order valence-electron chi connectivity index (χ1n) is 10.1. The minimum atomic E-state index is -0.0352. The van der Waals surface area contributed by atoms with Gasteiger partial charge in [0, 0.05) is 37.4 Å². The Kier molecular flexibility index (Phi) is 5.44. The van der Waals surface area contributed by atoms with Crippen LogP contribution in [0.15, 0.2) is 42.7 Å². The molecular formula is C23H24N6O2. The Hall–Kier alpha value is -3.70. The van der Waals surface area contributed by atoms with E-state index in [1.54, 1.807) is 30.5 Å². The lowest BCUT2D eigenvalue weighted by atomic mass is 10.0. The summed E-state index contributed by atoms with van der Waals surface area (Å²) in [5.41, 5.74) is 2.87. The number of nitriles is 1. The van der Waals surface area contributed by atoms with Gasteiger partial charge in [-0.15, -0.1) is 0 Å². The molecule has 0 spiro atoms. The van der Waals surface area contributed by atoms with Crippen molar-refractivity contribution in [1.29, 1.82) is 5.26 Å². The molecule has 1 aliphatic heterocycles. The summed E-state index contributed by atoms with van der Waals surface area (Å²) in [4.78, 5) is 21.3. The fourth-order valence-corrected chi connectivity index (χ4v) is 3.75. The molecule has 0 unspecified atom stereocenters. The third-order valence-corrected chi connectivity index (χ3v) is 5.88. The van der Waals surface area contributed by atoms with Crippen LogP contribution in [-0.2, 0) is 0 Å². The zero-order chi connectivity index (χ0) is 22.1. The molecular weight excluding hydrogens is 392 g/mol. The standard InChI is InChI=1S/C23H24N6O2/c1-15-13-28(10-9-27(15)3)23(31)18-7-8-21(25-12-18)29-14-20(30)22(26-29)19-6-4-5-17(11-24)16(19)2/h4-8,12,14-15,30H,9-10,13H2,1-3H3/t15-/m1/s1. The second kappa shape index (κ2) is 8.20. The lowest BCUT2D eigenvalue weighted by molar-refractivity contribution is 0.0572. The van der Waals surface area contributed by atoms with Crippen molar-refractivity contribution >= 4 is 5.91 Å². The number of piperazine rings is 1. The van der Waals surface area contributed by atoms with Crippen LogP contribution < -0.4 is 0 Å². The summed E-state index contributed by atoms with van der Waals surface area (Å²) in [5.74, 6) is 0.442. The van der Waals surface area contributed by atoms with Crippen molar-refractivity contribution in [3.63, 3.8) is 0 Å². The minimum Gasteiger partial charge on any atom is -0.504 e. The molecule has 1 fully saturated rings. The highest BCUT2D eigenvalue weighted by Gasteiger charge is 2.25. The van der Waals surface area contributed by atoms with Crippen molar-refractivity contribution in [3.8, 4) is 28.9 Å². The molecule has 3 heterocycles. The number of amides is 1. The van der Waals surface area contributed by atoms with E-state index in [-0.39, 0.29) is 11.7 Å². The van der Waals surface area contributed by atoms with E-state index in [0.717, 1.165) is 12.1 Å². The largest absolute Gasteiger partial charge is 0.504 e. The molecule has 31 heavy (non-hydrogen) atoms. The van der Waals surface area contributed by atoms with Gasteiger partial charge in [0.1, 0.15) is 5.69 Å². The van der Waals surface area contributed by atoms with Gasteiger partial charge in [-0.2, -0.15) is 10.4 Å². The van der Waals surface area contributed by atoms with Gasteiger partial charge in [0.2, 0.25) is 0 Å². The molecule has 1 N–H and O–H groups in total. The highest BCUT2D eigenvalue weighted by atomic mass is 16.3. The van der Waals surface area contributed by atoms with Crippen molar-refractivity contribution in [2.75, 3.05) is 26.7 Å². The van der Waals surface area contributed by atoms with Gasteiger partial charge >= 0.3 is 0 Å². The van der Waals surface area contributed by atoms with Gasteiger partial charge in [0.15, 0.2) is 11.6 Å². The molecule has 4 rings (SSSR count). The van der Waals surface area contributed by atoms with E-state index in [9.17, 15) is 15.2 Å². The number of aromatic nitrogens is 3. The number of benzene rings is 1. The molecule has 158 valence electrons. The lowest BCUT2D eigenvalue weighted by Crippen LogP contribution is -2.52. The third-order valence-electron chi connectivity index (χ3n) is 5.88. The smallest absolute Gasteiger partial charge is 0.255 e. The van der Waals surface area contributed by atoms with Gasteiger partial charge in [0.25, 0.3) is 5.91 Å². The maximum Gasteiger partial charge on any atom is 0.255 e.